The van der Waals surface area contributed by atoms with E-state index >= 15 is 0 Å². The number of nitrogens with zero attached hydrogens (tertiary/aromatic N) is 2. The maximum Gasteiger partial charge on any atom is 0.317 e. The van der Waals surface area contributed by atoms with Gasteiger partial charge in [0.15, 0.2) is 0 Å². The SMILES string of the molecule is CC(C)(CNC(=O)N1CCOc2cc(O)ccc2C1)c1ccncc1. The lowest BCUT2D eigenvalue weighted by molar-refractivity contribution is 0.185. The van der Waals surface area contributed by atoms with Crippen molar-refractivity contribution in [3.8, 4) is 11.5 Å². The molecule has 0 spiro atoms. The van der Waals surface area contributed by atoms with Crippen LogP contribution in [0.25, 0.3) is 0 Å². The number of nitrogens with one attached hydrogen (secondary N) is 1. The van der Waals surface area contributed by atoms with Crippen LogP contribution in [0.5, 0.6) is 11.5 Å². The lowest BCUT2D eigenvalue weighted by Crippen LogP contribution is -2.45. The molecule has 6 heteroatoms. The minimum absolute atomic E-state index is 0.119. The summed E-state index contributed by atoms with van der Waals surface area (Å²) in [5.74, 6) is 0.795. The number of rotatable bonds is 3. The molecule has 0 unspecified atom stereocenters. The zero-order valence-corrected chi connectivity index (χ0v) is 14.5. The predicted molar refractivity (Wildman–Crippen MR) is 94.7 cm³/mol. The Hall–Kier alpha value is -2.76. The lowest BCUT2D eigenvalue weighted by atomic mass is 9.85. The number of urea groups is 1. The molecule has 1 aliphatic heterocycles. The number of phenols is 1. The van der Waals surface area contributed by atoms with Crippen molar-refractivity contribution in [2.75, 3.05) is 19.7 Å². The first kappa shape index (κ1) is 17.1. The number of phenolic OH excluding ortho intramolecular Hbond substituents is 1. The molecule has 2 N–H and O–H groups in total. The molecule has 0 saturated carbocycles. The molecule has 1 aromatic heterocycles. The molecule has 2 heterocycles. The van der Waals surface area contributed by atoms with Gasteiger partial charge >= 0.3 is 6.03 Å². The van der Waals surface area contributed by atoms with Crippen molar-refractivity contribution in [1.29, 1.82) is 0 Å². The summed E-state index contributed by atoms with van der Waals surface area (Å²) >= 11 is 0. The van der Waals surface area contributed by atoms with Gasteiger partial charge in [-0.25, -0.2) is 4.79 Å². The predicted octanol–water partition coefficient (Wildman–Crippen LogP) is 2.67. The summed E-state index contributed by atoms with van der Waals surface area (Å²) in [6.07, 6.45) is 3.52. The summed E-state index contributed by atoms with van der Waals surface area (Å²) in [5.41, 5.74) is 1.83. The van der Waals surface area contributed by atoms with Gasteiger partial charge in [-0.15, -0.1) is 0 Å². The van der Waals surface area contributed by atoms with Crippen LogP contribution in [0.15, 0.2) is 42.7 Å². The zero-order valence-electron chi connectivity index (χ0n) is 14.5. The molecule has 1 aliphatic rings. The Morgan fingerprint density at radius 3 is 2.84 bits per heavy atom. The summed E-state index contributed by atoms with van der Waals surface area (Å²) in [6, 6.07) is 8.80. The largest absolute Gasteiger partial charge is 0.508 e. The van der Waals surface area contributed by atoms with Crippen molar-refractivity contribution in [3.05, 3.63) is 53.9 Å². The van der Waals surface area contributed by atoms with Crippen LogP contribution >= 0.6 is 0 Å². The van der Waals surface area contributed by atoms with Crippen LogP contribution in [0, 0.1) is 0 Å². The molecule has 0 radical (unpaired) electrons. The Kier molecular flexibility index (Phi) is 4.79. The first-order chi connectivity index (χ1) is 12.0. The van der Waals surface area contributed by atoms with E-state index in [1.807, 2.05) is 12.1 Å². The standard InChI is InChI=1S/C19H23N3O3/c1-19(2,15-5-7-20-8-6-15)13-21-18(24)22-9-10-25-17-11-16(23)4-3-14(17)12-22/h3-8,11,23H,9-10,12-13H2,1-2H3,(H,21,24). The van der Waals surface area contributed by atoms with E-state index in [1.165, 1.54) is 0 Å². The molecule has 132 valence electrons. The lowest BCUT2D eigenvalue weighted by Gasteiger charge is -2.28. The van der Waals surface area contributed by atoms with E-state index in [-0.39, 0.29) is 17.2 Å². The average Bonchev–Trinajstić information content (AvgIpc) is 2.82. The minimum atomic E-state index is -0.190. The van der Waals surface area contributed by atoms with Gasteiger partial charge in [0.25, 0.3) is 0 Å². The molecule has 3 rings (SSSR count). The van der Waals surface area contributed by atoms with Crippen molar-refractivity contribution < 1.29 is 14.6 Å². The van der Waals surface area contributed by atoms with Crippen molar-refractivity contribution in [3.63, 3.8) is 0 Å². The van der Waals surface area contributed by atoms with Crippen molar-refractivity contribution in [1.82, 2.24) is 15.2 Å². The molecule has 1 aromatic carbocycles. The van der Waals surface area contributed by atoms with Crippen LogP contribution in [-0.2, 0) is 12.0 Å². The monoisotopic (exact) mass is 341 g/mol. The van der Waals surface area contributed by atoms with Gasteiger partial charge in [0.2, 0.25) is 0 Å². The van der Waals surface area contributed by atoms with Gasteiger partial charge < -0.3 is 20.1 Å². The van der Waals surface area contributed by atoms with Crippen molar-refractivity contribution in [2.45, 2.75) is 25.8 Å². The van der Waals surface area contributed by atoms with E-state index in [9.17, 15) is 9.90 Å². The van der Waals surface area contributed by atoms with Gasteiger partial charge in [0.05, 0.1) is 13.1 Å². The van der Waals surface area contributed by atoms with Gasteiger partial charge in [-0.3, -0.25) is 4.98 Å². The zero-order chi connectivity index (χ0) is 17.9. The molecular weight excluding hydrogens is 318 g/mol. The molecular formula is C19H23N3O3. The van der Waals surface area contributed by atoms with Crippen LogP contribution in [0.3, 0.4) is 0 Å². The Morgan fingerprint density at radius 2 is 2.08 bits per heavy atom. The minimum Gasteiger partial charge on any atom is -0.508 e. The summed E-state index contributed by atoms with van der Waals surface area (Å²) in [5, 5.41) is 12.6. The first-order valence-electron chi connectivity index (χ1n) is 8.34. The molecule has 0 fully saturated rings. The molecule has 2 aromatic rings. The Balaban J connectivity index is 1.64. The maximum atomic E-state index is 12.6. The highest BCUT2D eigenvalue weighted by Gasteiger charge is 2.24. The Bertz CT molecular complexity index is 747. The van der Waals surface area contributed by atoms with Crippen molar-refractivity contribution in [2.24, 2.45) is 0 Å². The first-order valence-corrected chi connectivity index (χ1v) is 8.34. The normalized spacial score (nSPS) is 14.2. The van der Waals surface area contributed by atoms with Crippen LogP contribution in [0.2, 0.25) is 0 Å². The number of hydrogen-bond acceptors (Lipinski definition) is 4. The highest BCUT2D eigenvalue weighted by atomic mass is 16.5. The second kappa shape index (κ2) is 7.01. The summed E-state index contributed by atoms with van der Waals surface area (Å²) in [4.78, 5) is 18.4. The van der Waals surface area contributed by atoms with E-state index in [4.69, 9.17) is 4.74 Å². The molecule has 0 saturated heterocycles. The number of fused-ring (bicyclic) bond motifs is 1. The van der Waals surface area contributed by atoms with Crippen LogP contribution in [-0.4, -0.2) is 40.7 Å². The quantitative estimate of drug-likeness (QED) is 0.900. The number of aromatic hydroxyl groups is 1. The molecule has 2 amide bonds. The number of carbonyl (C=O) groups is 1. The number of ether oxygens (including phenoxy) is 1. The molecule has 0 bridgehead atoms. The fourth-order valence-electron chi connectivity index (χ4n) is 2.85. The second-order valence-electron chi connectivity index (χ2n) is 6.84. The Labute approximate surface area is 147 Å². The van der Waals surface area contributed by atoms with Crippen LogP contribution in [0.1, 0.15) is 25.0 Å². The van der Waals surface area contributed by atoms with Crippen molar-refractivity contribution >= 4 is 6.03 Å². The van der Waals surface area contributed by atoms with Gasteiger partial charge in [0, 0.05) is 36.0 Å². The van der Waals surface area contributed by atoms with Gasteiger partial charge in [0.1, 0.15) is 18.1 Å². The molecule has 6 nitrogen and oxygen atoms in total. The van der Waals surface area contributed by atoms with Crippen LogP contribution < -0.4 is 10.1 Å². The van der Waals surface area contributed by atoms with Crippen LogP contribution in [0.4, 0.5) is 4.79 Å². The van der Waals surface area contributed by atoms with E-state index < -0.39 is 0 Å². The molecule has 0 atom stereocenters. The smallest absolute Gasteiger partial charge is 0.317 e. The average molecular weight is 341 g/mol. The third kappa shape index (κ3) is 4.02. The number of benzene rings is 1. The summed E-state index contributed by atoms with van der Waals surface area (Å²) in [7, 11) is 0. The number of carbonyl (C=O) groups excluding carboxylic acids is 1. The van der Waals surface area contributed by atoms with Gasteiger partial charge in [-0.05, 0) is 29.8 Å². The molecule has 25 heavy (non-hydrogen) atoms. The number of aromatic nitrogens is 1. The van der Waals surface area contributed by atoms with E-state index in [1.54, 1.807) is 35.5 Å². The fraction of sp³-hybridized carbons (Fsp3) is 0.368. The third-order valence-electron chi connectivity index (χ3n) is 4.46. The fourth-order valence-corrected chi connectivity index (χ4v) is 2.85. The number of pyridine rings is 1. The number of hydrogen-bond donors (Lipinski definition) is 2. The highest BCUT2D eigenvalue weighted by Crippen LogP contribution is 2.27. The maximum absolute atomic E-state index is 12.6. The topological polar surface area (TPSA) is 74.7 Å². The van der Waals surface area contributed by atoms with Gasteiger partial charge in [-0.1, -0.05) is 13.8 Å². The van der Waals surface area contributed by atoms with E-state index in [0.29, 0.717) is 32.0 Å². The second-order valence-corrected chi connectivity index (χ2v) is 6.84. The summed E-state index contributed by atoms with van der Waals surface area (Å²) < 4.78 is 5.64. The van der Waals surface area contributed by atoms with E-state index in [2.05, 4.69) is 24.1 Å². The summed E-state index contributed by atoms with van der Waals surface area (Å²) in [6.45, 7) is 6.06. The molecule has 0 aliphatic carbocycles. The van der Waals surface area contributed by atoms with E-state index in [0.717, 1.165) is 11.1 Å². The Morgan fingerprint density at radius 1 is 1.32 bits per heavy atom. The van der Waals surface area contributed by atoms with Gasteiger partial charge in [-0.2, -0.15) is 0 Å². The highest BCUT2D eigenvalue weighted by molar-refractivity contribution is 5.74. The number of amides is 2. The third-order valence-corrected chi connectivity index (χ3v) is 4.46.